The van der Waals surface area contributed by atoms with Gasteiger partial charge in [0.15, 0.2) is 0 Å². The van der Waals surface area contributed by atoms with Crippen molar-refractivity contribution in [2.24, 2.45) is 5.92 Å². The smallest absolute Gasteiger partial charge is 0.324 e. The summed E-state index contributed by atoms with van der Waals surface area (Å²) in [6.07, 6.45) is 3.15. The zero-order chi connectivity index (χ0) is 18.0. The van der Waals surface area contributed by atoms with E-state index in [1.807, 2.05) is 18.7 Å². The molecule has 2 amide bonds. The highest BCUT2D eigenvalue weighted by Crippen LogP contribution is 2.26. The van der Waals surface area contributed by atoms with Crippen LogP contribution in [0.15, 0.2) is 34.4 Å². The lowest BCUT2D eigenvalue weighted by molar-refractivity contribution is 0.197. The molecule has 1 aliphatic rings. The minimum absolute atomic E-state index is 0.124. The molecule has 1 aromatic heterocycles. The van der Waals surface area contributed by atoms with Gasteiger partial charge in [0, 0.05) is 18.7 Å². The van der Waals surface area contributed by atoms with Gasteiger partial charge in [-0.3, -0.25) is 5.32 Å². The molecule has 0 saturated carbocycles. The van der Waals surface area contributed by atoms with E-state index in [9.17, 15) is 4.79 Å². The number of amides is 2. The zero-order valence-electron chi connectivity index (χ0n) is 15.3. The number of hydrogen-bond acceptors (Lipinski definition) is 3. The van der Waals surface area contributed by atoms with E-state index in [2.05, 4.69) is 54.7 Å². The summed E-state index contributed by atoms with van der Waals surface area (Å²) in [6, 6.07) is 8.37. The Bertz CT molecular complexity index is 807. The summed E-state index contributed by atoms with van der Waals surface area (Å²) in [7, 11) is 0. The summed E-state index contributed by atoms with van der Waals surface area (Å²) in [4.78, 5) is 14.3. The van der Waals surface area contributed by atoms with Gasteiger partial charge in [-0.1, -0.05) is 53.6 Å². The molecule has 2 heterocycles. The number of carbonyl (C=O) groups is 1. The quantitative estimate of drug-likeness (QED) is 0.873. The first-order chi connectivity index (χ1) is 11.9. The number of aryl methyl sites for hydroxylation is 2. The lowest BCUT2D eigenvalue weighted by atomic mass is 9.91. The number of benzene rings is 1. The molecular weight excluding hydrogens is 314 g/mol. The van der Waals surface area contributed by atoms with Gasteiger partial charge in [-0.25, -0.2) is 4.79 Å². The molecule has 1 saturated heterocycles. The van der Waals surface area contributed by atoms with E-state index in [0.29, 0.717) is 24.9 Å². The van der Waals surface area contributed by atoms with Crippen LogP contribution >= 0.6 is 0 Å². The summed E-state index contributed by atoms with van der Waals surface area (Å²) in [6.45, 7) is 9.44. The van der Waals surface area contributed by atoms with E-state index < -0.39 is 0 Å². The van der Waals surface area contributed by atoms with Crippen LogP contribution in [0.4, 0.5) is 10.7 Å². The van der Waals surface area contributed by atoms with E-state index in [4.69, 9.17) is 4.52 Å². The third kappa shape index (κ3) is 3.92. The number of piperidine rings is 1. The van der Waals surface area contributed by atoms with Crippen molar-refractivity contribution in [2.45, 2.75) is 34.1 Å². The highest BCUT2D eigenvalue weighted by atomic mass is 16.5. The van der Waals surface area contributed by atoms with E-state index in [1.54, 1.807) is 0 Å². The molecule has 0 bridgehead atoms. The first-order valence-corrected chi connectivity index (χ1v) is 8.70. The first kappa shape index (κ1) is 17.3. The van der Waals surface area contributed by atoms with Gasteiger partial charge in [0.05, 0.1) is 5.69 Å². The highest BCUT2D eigenvalue weighted by Gasteiger charge is 2.25. The fraction of sp³-hybridized carbons (Fsp3) is 0.400. The molecule has 0 radical (unpaired) electrons. The van der Waals surface area contributed by atoms with Crippen LogP contribution < -0.4 is 5.32 Å². The second-order valence-electron chi connectivity index (χ2n) is 6.88. The molecule has 5 nitrogen and oxygen atoms in total. The minimum Gasteiger partial charge on any atom is -0.338 e. The molecule has 0 aliphatic carbocycles. The van der Waals surface area contributed by atoms with Crippen molar-refractivity contribution in [1.29, 1.82) is 0 Å². The Morgan fingerprint density at radius 2 is 2.16 bits per heavy atom. The molecule has 1 unspecified atom stereocenters. The van der Waals surface area contributed by atoms with Crippen LogP contribution in [-0.4, -0.2) is 29.2 Å². The Hall–Kier alpha value is -2.56. The average Bonchev–Trinajstić information content (AvgIpc) is 2.89. The molecule has 2 aromatic rings. The molecule has 1 aliphatic heterocycles. The Morgan fingerprint density at radius 1 is 1.36 bits per heavy atom. The van der Waals surface area contributed by atoms with Crippen molar-refractivity contribution in [1.82, 2.24) is 10.1 Å². The summed E-state index contributed by atoms with van der Waals surface area (Å²) >= 11 is 0. The summed E-state index contributed by atoms with van der Waals surface area (Å²) in [5.74, 6) is 0.772. The number of urea groups is 1. The number of carbonyl (C=O) groups excluding carboxylic acids is 1. The largest absolute Gasteiger partial charge is 0.338 e. The van der Waals surface area contributed by atoms with E-state index in [-0.39, 0.29) is 6.03 Å². The molecule has 3 rings (SSSR count). The maximum atomic E-state index is 12.5. The maximum absolute atomic E-state index is 12.5. The first-order valence-electron chi connectivity index (χ1n) is 8.70. The average molecular weight is 339 g/mol. The van der Waals surface area contributed by atoms with E-state index in [1.165, 1.54) is 16.7 Å². The summed E-state index contributed by atoms with van der Waals surface area (Å²) in [5.41, 5.74) is 5.55. The van der Waals surface area contributed by atoms with Gasteiger partial charge in [-0.15, -0.1) is 0 Å². The van der Waals surface area contributed by atoms with Crippen molar-refractivity contribution < 1.29 is 9.32 Å². The molecular formula is C20H25N3O2. The third-order valence-corrected chi connectivity index (χ3v) is 4.86. The predicted octanol–water partition coefficient (Wildman–Crippen LogP) is 4.56. The Kier molecular flexibility index (Phi) is 4.93. The van der Waals surface area contributed by atoms with Gasteiger partial charge in [0.25, 0.3) is 0 Å². The van der Waals surface area contributed by atoms with Crippen molar-refractivity contribution in [2.75, 3.05) is 18.4 Å². The molecule has 1 fully saturated rings. The van der Waals surface area contributed by atoms with Gasteiger partial charge in [0.2, 0.25) is 5.88 Å². The topological polar surface area (TPSA) is 58.4 Å². The monoisotopic (exact) mass is 339 g/mol. The van der Waals surface area contributed by atoms with Crippen LogP contribution in [0.1, 0.15) is 35.7 Å². The lowest BCUT2D eigenvalue weighted by Crippen LogP contribution is -2.42. The number of nitrogens with one attached hydrogen (secondary N) is 1. The fourth-order valence-corrected chi connectivity index (χ4v) is 3.13. The Balaban J connectivity index is 1.65. The number of likely N-dealkylation sites (tertiary alicyclic amines) is 1. The van der Waals surface area contributed by atoms with Crippen molar-refractivity contribution in [3.63, 3.8) is 0 Å². The second kappa shape index (κ2) is 7.13. The van der Waals surface area contributed by atoms with Crippen molar-refractivity contribution in [3.8, 4) is 0 Å². The number of aromatic nitrogens is 1. The molecule has 1 aromatic carbocycles. The number of rotatable bonds is 2. The van der Waals surface area contributed by atoms with Crippen molar-refractivity contribution >= 4 is 18.0 Å². The van der Waals surface area contributed by atoms with Crippen LogP contribution in [0, 0.1) is 26.7 Å². The number of anilines is 1. The lowest BCUT2D eigenvalue weighted by Gasteiger charge is -2.33. The summed E-state index contributed by atoms with van der Waals surface area (Å²) in [5, 5.41) is 6.71. The fourth-order valence-electron chi connectivity index (χ4n) is 3.13. The van der Waals surface area contributed by atoms with Gasteiger partial charge in [-0.05, 0) is 38.7 Å². The Labute approximate surface area is 148 Å². The molecule has 132 valence electrons. The van der Waals surface area contributed by atoms with Crippen LogP contribution in [0.2, 0.25) is 0 Å². The zero-order valence-corrected chi connectivity index (χ0v) is 15.3. The molecule has 1 N–H and O–H groups in total. The third-order valence-electron chi connectivity index (χ3n) is 4.86. The van der Waals surface area contributed by atoms with Crippen LogP contribution in [0.3, 0.4) is 0 Å². The van der Waals surface area contributed by atoms with Crippen molar-refractivity contribution in [3.05, 3.63) is 52.2 Å². The SMILES string of the molecule is Cc1cccc(/C=C2\CCN(C(=O)Nc3onc(C)c3C)CC2C)c1. The standard InChI is InChI=1S/C20H25N3O2/c1-13-6-5-7-17(10-13)11-18-8-9-23(12-14(18)2)20(24)21-19-15(3)16(4)22-25-19/h5-7,10-11,14H,8-9,12H2,1-4H3,(H,21,24)/b18-11+. The predicted molar refractivity (Wildman–Crippen MR) is 99.5 cm³/mol. The van der Waals surface area contributed by atoms with Gasteiger partial charge < -0.3 is 9.42 Å². The van der Waals surface area contributed by atoms with E-state index >= 15 is 0 Å². The maximum Gasteiger partial charge on any atom is 0.324 e. The van der Waals surface area contributed by atoms with Gasteiger partial charge in [-0.2, -0.15) is 0 Å². The summed E-state index contributed by atoms with van der Waals surface area (Å²) < 4.78 is 5.17. The van der Waals surface area contributed by atoms with Crippen LogP contribution in [-0.2, 0) is 0 Å². The molecule has 0 spiro atoms. The van der Waals surface area contributed by atoms with Gasteiger partial charge in [0.1, 0.15) is 0 Å². The molecule has 1 atom stereocenters. The van der Waals surface area contributed by atoms with Gasteiger partial charge >= 0.3 is 6.03 Å². The number of hydrogen-bond donors (Lipinski definition) is 1. The number of nitrogens with zero attached hydrogens (tertiary/aromatic N) is 2. The highest BCUT2D eigenvalue weighted by molar-refractivity contribution is 5.88. The molecule has 5 heteroatoms. The second-order valence-corrected chi connectivity index (χ2v) is 6.88. The van der Waals surface area contributed by atoms with Crippen LogP contribution in [0.5, 0.6) is 0 Å². The minimum atomic E-state index is -0.124. The Morgan fingerprint density at radius 3 is 2.80 bits per heavy atom. The van der Waals surface area contributed by atoms with Crippen LogP contribution in [0.25, 0.3) is 6.08 Å². The normalized spacial score (nSPS) is 19.3. The van der Waals surface area contributed by atoms with E-state index in [0.717, 1.165) is 17.7 Å². The molecule has 25 heavy (non-hydrogen) atoms.